The van der Waals surface area contributed by atoms with Gasteiger partial charge in [0.05, 0.1) is 0 Å². The van der Waals surface area contributed by atoms with Gasteiger partial charge in [0.15, 0.2) is 0 Å². The number of benzene rings is 1. The van der Waals surface area contributed by atoms with Crippen molar-refractivity contribution in [3.8, 4) is 0 Å². The molecule has 0 amide bonds. The second-order valence-corrected chi connectivity index (χ2v) is 5.40. The van der Waals surface area contributed by atoms with Crippen LogP contribution >= 0.6 is 0 Å². The Bertz CT molecular complexity index is 485. The van der Waals surface area contributed by atoms with Crippen LogP contribution in [0.15, 0.2) is 18.2 Å². The monoisotopic (exact) mass is 280 g/mol. The van der Waals surface area contributed by atoms with Crippen LogP contribution in [0.2, 0.25) is 0 Å². The van der Waals surface area contributed by atoms with Gasteiger partial charge in [-0.1, -0.05) is 6.07 Å². The fourth-order valence-electron chi connectivity index (χ4n) is 2.52. The number of carbonyl (C=O) groups is 1. The van der Waals surface area contributed by atoms with Crippen molar-refractivity contribution >= 4 is 5.97 Å². The third-order valence-corrected chi connectivity index (χ3v) is 4.02. The summed E-state index contributed by atoms with van der Waals surface area (Å²) in [6.07, 6.45) is 0. The third-order valence-electron chi connectivity index (χ3n) is 4.02. The number of nitrogens with zero attached hydrogens (tertiary/aromatic N) is 2. The quantitative estimate of drug-likeness (QED) is 0.912. The van der Waals surface area contributed by atoms with Crippen LogP contribution in [0, 0.1) is 12.7 Å². The Hall–Kier alpha value is -1.46. The second kappa shape index (κ2) is 6.33. The maximum Gasteiger partial charge on any atom is 0.320 e. The van der Waals surface area contributed by atoms with Gasteiger partial charge in [0.25, 0.3) is 0 Å². The van der Waals surface area contributed by atoms with Gasteiger partial charge in [-0.05, 0) is 37.1 Å². The van der Waals surface area contributed by atoms with Crippen LogP contribution in [-0.2, 0) is 11.3 Å². The Morgan fingerprint density at radius 2 is 2.00 bits per heavy atom. The number of hydrogen-bond acceptors (Lipinski definition) is 3. The van der Waals surface area contributed by atoms with E-state index in [1.165, 1.54) is 6.07 Å². The lowest BCUT2D eigenvalue weighted by molar-refractivity contribution is -0.143. The van der Waals surface area contributed by atoms with E-state index in [4.69, 9.17) is 5.11 Å². The lowest BCUT2D eigenvalue weighted by Gasteiger charge is -2.36. The van der Waals surface area contributed by atoms with Crippen LogP contribution in [0.5, 0.6) is 0 Å². The maximum atomic E-state index is 13.3. The summed E-state index contributed by atoms with van der Waals surface area (Å²) in [4.78, 5) is 15.2. The molecule has 4 nitrogen and oxygen atoms in total. The van der Waals surface area contributed by atoms with E-state index < -0.39 is 12.0 Å². The predicted molar refractivity (Wildman–Crippen MR) is 75.1 cm³/mol. The Kier molecular flexibility index (Phi) is 4.73. The number of carboxylic acids is 1. The summed E-state index contributed by atoms with van der Waals surface area (Å²) >= 11 is 0. The minimum atomic E-state index is -0.778. The highest BCUT2D eigenvalue weighted by Gasteiger charge is 2.25. The lowest BCUT2D eigenvalue weighted by atomic mass is 10.1. The van der Waals surface area contributed by atoms with E-state index in [0.29, 0.717) is 0 Å². The van der Waals surface area contributed by atoms with Crippen LogP contribution in [0.25, 0.3) is 0 Å². The van der Waals surface area contributed by atoms with Crippen molar-refractivity contribution in [1.29, 1.82) is 0 Å². The Morgan fingerprint density at radius 1 is 1.35 bits per heavy atom. The molecule has 1 aliphatic heterocycles. The van der Waals surface area contributed by atoms with E-state index >= 15 is 0 Å². The molecule has 2 rings (SSSR count). The van der Waals surface area contributed by atoms with Gasteiger partial charge in [-0.25, -0.2) is 4.39 Å². The van der Waals surface area contributed by atoms with E-state index in [9.17, 15) is 9.18 Å². The van der Waals surface area contributed by atoms with E-state index in [2.05, 4.69) is 4.90 Å². The van der Waals surface area contributed by atoms with Gasteiger partial charge in [-0.3, -0.25) is 14.6 Å². The number of piperazine rings is 1. The van der Waals surface area contributed by atoms with Crippen molar-refractivity contribution in [2.24, 2.45) is 0 Å². The summed E-state index contributed by atoms with van der Waals surface area (Å²) in [6, 6.07) is 4.42. The van der Waals surface area contributed by atoms with Crippen LogP contribution in [0.3, 0.4) is 0 Å². The van der Waals surface area contributed by atoms with Gasteiger partial charge in [0.1, 0.15) is 11.9 Å². The molecule has 0 aliphatic carbocycles. The SMILES string of the molecule is Cc1ccc(F)cc1CN1CCN(C(C)C(=O)O)CC1. The van der Waals surface area contributed by atoms with Gasteiger partial charge in [-0.15, -0.1) is 0 Å². The highest BCUT2D eigenvalue weighted by Crippen LogP contribution is 2.15. The van der Waals surface area contributed by atoms with Crippen LogP contribution < -0.4 is 0 Å². The first-order chi connectivity index (χ1) is 9.47. The number of hydrogen-bond donors (Lipinski definition) is 1. The molecule has 1 aliphatic rings. The third kappa shape index (κ3) is 3.55. The highest BCUT2D eigenvalue weighted by atomic mass is 19.1. The maximum absolute atomic E-state index is 13.3. The molecule has 1 heterocycles. The molecule has 1 N–H and O–H groups in total. The molecule has 20 heavy (non-hydrogen) atoms. The molecule has 0 bridgehead atoms. The van der Waals surface area contributed by atoms with Crippen molar-refractivity contribution in [1.82, 2.24) is 9.80 Å². The first-order valence-electron chi connectivity index (χ1n) is 6.91. The van der Waals surface area contributed by atoms with Crippen molar-refractivity contribution in [3.63, 3.8) is 0 Å². The van der Waals surface area contributed by atoms with E-state index in [1.54, 1.807) is 19.1 Å². The molecular weight excluding hydrogens is 259 g/mol. The standard InChI is InChI=1S/C15H21FN2O2/c1-11-3-4-14(16)9-13(11)10-17-5-7-18(8-6-17)12(2)15(19)20/h3-4,9,12H,5-8,10H2,1-2H3,(H,19,20). The van der Waals surface area contributed by atoms with E-state index in [-0.39, 0.29) is 5.82 Å². The van der Waals surface area contributed by atoms with E-state index in [1.807, 2.05) is 11.8 Å². The molecule has 1 fully saturated rings. The second-order valence-electron chi connectivity index (χ2n) is 5.40. The minimum absolute atomic E-state index is 0.205. The van der Waals surface area contributed by atoms with Gasteiger partial charge in [0, 0.05) is 32.7 Å². The highest BCUT2D eigenvalue weighted by molar-refractivity contribution is 5.72. The normalized spacial score (nSPS) is 18.9. The number of rotatable bonds is 4. The fourth-order valence-corrected chi connectivity index (χ4v) is 2.52. The smallest absolute Gasteiger partial charge is 0.320 e. The zero-order chi connectivity index (χ0) is 14.7. The van der Waals surface area contributed by atoms with Crippen molar-refractivity contribution < 1.29 is 14.3 Å². The summed E-state index contributed by atoms with van der Waals surface area (Å²) in [7, 11) is 0. The molecule has 0 aromatic heterocycles. The average molecular weight is 280 g/mol. The molecule has 110 valence electrons. The molecule has 0 saturated carbocycles. The summed E-state index contributed by atoms with van der Waals surface area (Å²) in [5.41, 5.74) is 2.09. The van der Waals surface area contributed by atoms with Crippen LogP contribution in [0.4, 0.5) is 4.39 Å². The van der Waals surface area contributed by atoms with Gasteiger partial charge < -0.3 is 5.11 Å². The molecule has 5 heteroatoms. The molecule has 0 spiro atoms. The summed E-state index contributed by atoms with van der Waals surface area (Å²) in [5.74, 6) is -0.983. The molecule has 1 saturated heterocycles. The number of aliphatic carboxylic acids is 1. The number of carboxylic acid groups (broad SMARTS) is 1. The van der Waals surface area contributed by atoms with Crippen molar-refractivity contribution in [2.45, 2.75) is 26.4 Å². The summed E-state index contributed by atoms with van der Waals surface area (Å²) in [6.45, 7) is 7.52. The minimum Gasteiger partial charge on any atom is -0.480 e. The fraction of sp³-hybridized carbons (Fsp3) is 0.533. The average Bonchev–Trinajstić information content (AvgIpc) is 2.43. The molecule has 1 aromatic carbocycles. The summed E-state index contributed by atoms with van der Waals surface area (Å²) < 4.78 is 13.3. The zero-order valence-electron chi connectivity index (χ0n) is 12.0. The van der Waals surface area contributed by atoms with Crippen LogP contribution in [-0.4, -0.2) is 53.1 Å². The molecule has 1 unspecified atom stereocenters. The van der Waals surface area contributed by atoms with Gasteiger partial charge in [0.2, 0.25) is 0 Å². The number of halogens is 1. The lowest BCUT2D eigenvalue weighted by Crippen LogP contribution is -2.51. The summed E-state index contributed by atoms with van der Waals surface area (Å²) in [5, 5.41) is 9.01. The van der Waals surface area contributed by atoms with Gasteiger partial charge >= 0.3 is 5.97 Å². The topological polar surface area (TPSA) is 43.8 Å². The molecule has 1 atom stereocenters. The Balaban J connectivity index is 1.91. The first-order valence-corrected chi connectivity index (χ1v) is 6.91. The van der Waals surface area contributed by atoms with Crippen LogP contribution in [0.1, 0.15) is 18.1 Å². The Labute approximate surface area is 118 Å². The molecule has 0 radical (unpaired) electrons. The van der Waals surface area contributed by atoms with Gasteiger partial charge in [-0.2, -0.15) is 0 Å². The largest absolute Gasteiger partial charge is 0.480 e. The molecular formula is C15H21FN2O2. The van der Waals surface area contributed by atoms with Crippen molar-refractivity contribution in [2.75, 3.05) is 26.2 Å². The van der Waals surface area contributed by atoms with E-state index in [0.717, 1.165) is 43.9 Å². The van der Waals surface area contributed by atoms with Crippen molar-refractivity contribution in [3.05, 3.63) is 35.1 Å². The molecule has 1 aromatic rings. The number of aryl methyl sites for hydroxylation is 1. The predicted octanol–water partition coefficient (Wildman–Crippen LogP) is 1.72. The first kappa shape index (κ1) is 14.9. The Morgan fingerprint density at radius 3 is 2.60 bits per heavy atom. The zero-order valence-corrected chi connectivity index (χ0v) is 12.0.